The fourth-order valence-corrected chi connectivity index (χ4v) is 3.47. The van der Waals surface area contributed by atoms with Crippen LogP contribution in [0.15, 0.2) is 0 Å². The van der Waals surface area contributed by atoms with Gasteiger partial charge in [0.2, 0.25) is 0 Å². The molecule has 2 rings (SSSR count). The summed E-state index contributed by atoms with van der Waals surface area (Å²) in [4.78, 5) is 2.52. The molecule has 1 heterocycles. The van der Waals surface area contributed by atoms with E-state index in [0.717, 1.165) is 19.5 Å². The number of aliphatic hydroxyl groups is 1. The highest BCUT2D eigenvalue weighted by Crippen LogP contribution is 2.27. The van der Waals surface area contributed by atoms with Gasteiger partial charge in [-0.3, -0.25) is 4.90 Å². The maximum absolute atomic E-state index is 10.3. The summed E-state index contributed by atoms with van der Waals surface area (Å²) in [5.74, 6) is 0.624. The van der Waals surface area contributed by atoms with Gasteiger partial charge in [0.05, 0.1) is 6.10 Å². The summed E-state index contributed by atoms with van der Waals surface area (Å²) >= 11 is 0. The zero-order valence-electron chi connectivity index (χ0n) is 11.1. The van der Waals surface area contributed by atoms with Crippen LogP contribution in [0.4, 0.5) is 0 Å². The second-order valence-electron chi connectivity index (χ2n) is 6.03. The van der Waals surface area contributed by atoms with E-state index in [1.807, 2.05) is 0 Å². The Morgan fingerprint density at radius 3 is 2.65 bits per heavy atom. The third-order valence-electron chi connectivity index (χ3n) is 4.65. The molecule has 3 nitrogen and oxygen atoms in total. The first-order chi connectivity index (χ1) is 8.18. The predicted molar refractivity (Wildman–Crippen MR) is 70.8 cm³/mol. The Morgan fingerprint density at radius 1 is 1.12 bits per heavy atom. The smallest absolute Gasteiger partial charge is 0.0695 e. The van der Waals surface area contributed by atoms with Crippen molar-refractivity contribution in [2.24, 2.45) is 11.7 Å². The third kappa shape index (κ3) is 3.43. The van der Waals surface area contributed by atoms with Crippen LogP contribution in [0, 0.1) is 5.92 Å². The molecule has 0 aromatic rings. The molecule has 0 aromatic heterocycles. The zero-order valence-corrected chi connectivity index (χ0v) is 11.1. The van der Waals surface area contributed by atoms with E-state index in [1.54, 1.807) is 0 Å². The van der Waals surface area contributed by atoms with E-state index >= 15 is 0 Å². The summed E-state index contributed by atoms with van der Waals surface area (Å²) in [5.41, 5.74) is 6.04. The van der Waals surface area contributed by atoms with Gasteiger partial charge >= 0.3 is 0 Å². The fourth-order valence-electron chi connectivity index (χ4n) is 3.47. The van der Waals surface area contributed by atoms with E-state index in [9.17, 15) is 5.11 Å². The normalized spacial score (nSPS) is 38.6. The van der Waals surface area contributed by atoms with Crippen LogP contribution >= 0.6 is 0 Å². The molecule has 1 saturated carbocycles. The van der Waals surface area contributed by atoms with Crippen molar-refractivity contribution in [1.82, 2.24) is 4.90 Å². The molecule has 17 heavy (non-hydrogen) atoms. The van der Waals surface area contributed by atoms with Crippen LogP contribution in [0.3, 0.4) is 0 Å². The molecule has 0 spiro atoms. The average Bonchev–Trinajstić information content (AvgIpc) is 2.54. The van der Waals surface area contributed by atoms with E-state index < -0.39 is 0 Å². The van der Waals surface area contributed by atoms with E-state index in [4.69, 9.17) is 5.73 Å². The molecule has 3 heteroatoms. The highest BCUT2D eigenvalue weighted by atomic mass is 16.3. The van der Waals surface area contributed by atoms with Crippen LogP contribution in [0.25, 0.3) is 0 Å². The minimum atomic E-state index is -0.107. The summed E-state index contributed by atoms with van der Waals surface area (Å²) in [6.45, 7) is 4.38. The van der Waals surface area contributed by atoms with Crippen molar-refractivity contribution in [2.75, 3.05) is 13.1 Å². The van der Waals surface area contributed by atoms with Gasteiger partial charge in [0.15, 0.2) is 0 Å². The summed E-state index contributed by atoms with van der Waals surface area (Å²) in [6, 6.07) is 0.694. The lowest BCUT2D eigenvalue weighted by Gasteiger charge is -2.41. The van der Waals surface area contributed by atoms with Crippen LogP contribution in [-0.4, -0.2) is 41.3 Å². The fraction of sp³-hybridized carbons (Fsp3) is 1.00. The monoisotopic (exact) mass is 240 g/mol. The van der Waals surface area contributed by atoms with Crippen molar-refractivity contribution in [1.29, 1.82) is 0 Å². The van der Waals surface area contributed by atoms with Crippen molar-refractivity contribution in [3.05, 3.63) is 0 Å². The van der Waals surface area contributed by atoms with Gasteiger partial charge in [-0.05, 0) is 45.1 Å². The molecule has 4 atom stereocenters. The van der Waals surface area contributed by atoms with Gasteiger partial charge in [-0.25, -0.2) is 0 Å². The highest BCUT2D eigenvalue weighted by molar-refractivity contribution is 4.87. The number of hydrogen-bond donors (Lipinski definition) is 2. The first-order valence-corrected chi connectivity index (χ1v) is 7.36. The van der Waals surface area contributed by atoms with Gasteiger partial charge in [-0.15, -0.1) is 0 Å². The zero-order chi connectivity index (χ0) is 12.3. The van der Waals surface area contributed by atoms with Crippen molar-refractivity contribution in [3.8, 4) is 0 Å². The summed E-state index contributed by atoms with van der Waals surface area (Å²) < 4.78 is 0. The first kappa shape index (κ1) is 13.3. The van der Waals surface area contributed by atoms with E-state index in [-0.39, 0.29) is 6.10 Å². The molecule has 1 aliphatic heterocycles. The van der Waals surface area contributed by atoms with Gasteiger partial charge in [-0.1, -0.05) is 19.3 Å². The van der Waals surface area contributed by atoms with Crippen molar-refractivity contribution in [3.63, 3.8) is 0 Å². The number of likely N-dealkylation sites (tertiary alicyclic amines) is 1. The van der Waals surface area contributed by atoms with Gasteiger partial charge in [0, 0.05) is 18.6 Å². The van der Waals surface area contributed by atoms with E-state index in [0.29, 0.717) is 18.0 Å². The molecule has 2 aliphatic rings. The quantitative estimate of drug-likeness (QED) is 0.723. The Morgan fingerprint density at radius 2 is 1.88 bits per heavy atom. The van der Waals surface area contributed by atoms with Crippen LogP contribution < -0.4 is 5.73 Å². The van der Waals surface area contributed by atoms with Gasteiger partial charge in [0.25, 0.3) is 0 Å². The Labute approximate surface area is 105 Å². The molecule has 100 valence electrons. The van der Waals surface area contributed by atoms with E-state index in [1.165, 1.54) is 38.5 Å². The number of hydrogen-bond acceptors (Lipinski definition) is 3. The van der Waals surface area contributed by atoms with E-state index in [2.05, 4.69) is 11.8 Å². The summed E-state index contributed by atoms with van der Waals surface area (Å²) in [7, 11) is 0. The maximum Gasteiger partial charge on any atom is 0.0695 e. The number of nitrogens with zero attached hydrogens (tertiary/aromatic N) is 1. The van der Waals surface area contributed by atoms with Gasteiger partial charge in [-0.2, -0.15) is 0 Å². The lowest BCUT2D eigenvalue weighted by Crippen LogP contribution is -2.50. The molecule has 3 N–H and O–H groups in total. The predicted octanol–water partition coefficient (Wildman–Crippen LogP) is 1.74. The summed E-state index contributed by atoms with van der Waals surface area (Å²) in [5, 5.41) is 10.3. The lowest BCUT2D eigenvalue weighted by molar-refractivity contribution is 0.0181. The maximum atomic E-state index is 10.3. The standard InChI is InChI=1S/C14H28N2O/c1-11(15)12-6-5-9-16(10-12)13-7-3-2-4-8-14(13)17/h11-14,17H,2-10,15H2,1H3. The number of nitrogens with two attached hydrogens (primary N) is 1. The second kappa shape index (κ2) is 6.17. The number of aliphatic hydroxyl groups excluding tert-OH is 1. The first-order valence-electron chi connectivity index (χ1n) is 7.36. The minimum Gasteiger partial charge on any atom is -0.391 e. The Kier molecular flexibility index (Phi) is 4.83. The minimum absolute atomic E-state index is 0.107. The third-order valence-corrected chi connectivity index (χ3v) is 4.65. The Bertz CT molecular complexity index is 232. The van der Waals surface area contributed by atoms with Crippen LogP contribution in [-0.2, 0) is 0 Å². The van der Waals surface area contributed by atoms with Crippen molar-refractivity contribution in [2.45, 2.75) is 70.1 Å². The molecule has 0 radical (unpaired) electrons. The van der Waals surface area contributed by atoms with Crippen LogP contribution in [0.5, 0.6) is 0 Å². The van der Waals surface area contributed by atoms with Crippen molar-refractivity contribution < 1.29 is 5.11 Å². The molecule has 0 bridgehead atoms. The summed E-state index contributed by atoms with van der Waals surface area (Å²) in [6.07, 6.45) is 8.33. The Balaban J connectivity index is 1.95. The molecule has 1 aliphatic carbocycles. The molecule has 1 saturated heterocycles. The molecule has 0 amide bonds. The van der Waals surface area contributed by atoms with Crippen LogP contribution in [0.2, 0.25) is 0 Å². The Hall–Kier alpha value is -0.120. The molecule has 2 fully saturated rings. The molecule has 4 unspecified atom stereocenters. The molecular formula is C14H28N2O. The largest absolute Gasteiger partial charge is 0.391 e. The molecular weight excluding hydrogens is 212 g/mol. The number of piperidine rings is 1. The number of rotatable bonds is 2. The second-order valence-corrected chi connectivity index (χ2v) is 6.03. The van der Waals surface area contributed by atoms with Gasteiger partial charge < -0.3 is 10.8 Å². The van der Waals surface area contributed by atoms with Gasteiger partial charge in [0.1, 0.15) is 0 Å². The van der Waals surface area contributed by atoms with Crippen molar-refractivity contribution >= 4 is 0 Å². The highest BCUT2D eigenvalue weighted by Gasteiger charge is 2.31. The lowest BCUT2D eigenvalue weighted by atomic mass is 9.90. The molecule has 0 aromatic carbocycles. The van der Waals surface area contributed by atoms with Crippen LogP contribution in [0.1, 0.15) is 51.9 Å². The topological polar surface area (TPSA) is 49.5 Å². The average molecular weight is 240 g/mol. The SMILES string of the molecule is CC(N)C1CCCN(C2CCCCCC2O)C1.